The second-order valence-electron chi connectivity index (χ2n) is 6.02. The molecule has 0 aliphatic carbocycles. The van der Waals surface area contributed by atoms with Crippen LogP contribution >= 0.6 is 0 Å². The number of hydrogen-bond donors (Lipinski definition) is 3. The lowest BCUT2D eigenvalue weighted by Crippen LogP contribution is -2.35. The van der Waals surface area contributed by atoms with Crippen molar-refractivity contribution in [1.29, 1.82) is 0 Å². The van der Waals surface area contributed by atoms with E-state index in [4.69, 9.17) is 0 Å². The molecular formula is C19H19N7O3. The highest BCUT2D eigenvalue weighted by Crippen LogP contribution is 2.09. The molecule has 10 nitrogen and oxygen atoms in total. The summed E-state index contributed by atoms with van der Waals surface area (Å²) in [7, 11) is 0. The third-order valence-corrected chi connectivity index (χ3v) is 3.82. The van der Waals surface area contributed by atoms with Crippen LogP contribution in [0.2, 0.25) is 0 Å². The van der Waals surface area contributed by atoms with E-state index in [0.717, 1.165) is 0 Å². The van der Waals surface area contributed by atoms with Gasteiger partial charge in [0.25, 0.3) is 11.8 Å². The number of hydrogen-bond acceptors (Lipinski definition) is 6. The Hall–Kier alpha value is -4.08. The Morgan fingerprint density at radius 1 is 0.931 bits per heavy atom. The van der Waals surface area contributed by atoms with Crippen LogP contribution in [0.15, 0.2) is 55.1 Å². The highest BCUT2D eigenvalue weighted by Gasteiger charge is 2.09. The number of carbonyl (C=O) groups is 3. The van der Waals surface area contributed by atoms with Crippen molar-refractivity contribution in [3.8, 4) is 5.82 Å². The molecule has 148 valence electrons. The molecule has 0 saturated heterocycles. The number of aromatic nitrogens is 4. The molecule has 3 amide bonds. The minimum absolute atomic E-state index is 0.175. The molecule has 2 heterocycles. The van der Waals surface area contributed by atoms with Gasteiger partial charge in [-0.3, -0.25) is 19.0 Å². The maximum atomic E-state index is 12.1. The van der Waals surface area contributed by atoms with E-state index in [1.807, 2.05) is 0 Å². The van der Waals surface area contributed by atoms with Gasteiger partial charge < -0.3 is 16.0 Å². The van der Waals surface area contributed by atoms with Gasteiger partial charge in [0.15, 0.2) is 11.5 Å². The predicted octanol–water partition coefficient (Wildman–Crippen LogP) is 0.780. The first-order chi connectivity index (χ1) is 14.0. The zero-order chi connectivity index (χ0) is 20.6. The van der Waals surface area contributed by atoms with Crippen LogP contribution in [0.25, 0.3) is 5.82 Å². The van der Waals surface area contributed by atoms with Crippen molar-refractivity contribution in [2.24, 2.45) is 0 Å². The fraction of sp³-hybridized carbons (Fsp3) is 0.158. The van der Waals surface area contributed by atoms with Crippen molar-refractivity contribution in [3.05, 3.63) is 66.4 Å². The molecule has 3 rings (SSSR count). The van der Waals surface area contributed by atoms with Gasteiger partial charge in [-0.05, 0) is 36.4 Å². The molecule has 10 heteroatoms. The average Bonchev–Trinajstić information content (AvgIpc) is 3.26. The van der Waals surface area contributed by atoms with E-state index in [1.54, 1.807) is 59.7 Å². The number of nitrogens with one attached hydrogen (secondary N) is 3. The number of benzene rings is 1. The summed E-state index contributed by atoms with van der Waals surface area (Å²) in [6, 6.07) is 9.73. The van der Waals surface area contributed by atoms with Crippen LogP contribution < -0.4 is 16.0 Å². The van der Waals surface area contributed by atoms with E-state index in [2.05, 4.69) is 31.1 Å². The first-order valence-corrected chi connectivity index (χ1v) is 8.79. The Morgan fingerprint density at radius 2 is 1.66 bits per heavy atom. The SMILES string of the molecule is CC(=O)Nc1ccc(C(=O)NCCNC(=O)c2ccc(-n3ccnc3)nn2)cc1. The van der Waals surface area contributed by atoms with Crippen molar-refractivity contribution in [2.45, 2.75) is 6.92 Å². The van der Waals surface area contributed by atoms with Crippen LogP contribution in [0.3, 0.4) is 0 Å². The quantitative estimate of drug-likeness (QED) is 0.509. The van der Waals surface area contributed by atoms with Crippen LogP contribution in [0, 0.1) is 0 Å². The zero-order valence-corrected chi connectivity index (χ0v) is 15.6. The van der Waals surface area contributed by atoms with E-state index in [0.29, 0.717) is 17.1 Å². The highest BCUT2D eigenvalue weighted by molar-refractivity contribution is 5.95. The Bertz CT molecular complexity index is 984. The van der Waals surface area contributed by atoms with E-state index in [9.17, 15) is 14.4 Å². The topological polar surface area (TPSA) is 131 Å². The number of nitrogens with zero attached hydrogens (tertiary/aromatic N) is 4. The number of rotatable bonds is 7. The molecule has 0 unspecified atom stereocenters. The van der Waals surface area contributed by atoms with Gasteiger partial charge in [-0.15, -0.1) is 10.2 Å². The molecule has 0 radical (unpaired) electrons. The molecule has 0 aliphatic rings. The summed E-state index contributed by atoms with van der Waals surface area (Å²) in [5.41, 5.74) is 1.24. The van der Waals surface area contributed by atoms with Gasteiger partial charge in [0.05, 0.1) is 0 Å². The number of carbonyl (C=O) groups excluding carboxylic acids is 3. The molecule has 3 aromatic rings. The van der Waals surface area contributed by atoms with E-state index in [1.165, 1.54) is 6.92 Å². The molecule has 0 aliphatic heterocycles. The molecule has 0 fully saturated rings. The molecule has 0 spiro atoms. The summed E-state index contributed by atoms with van der Waals surface area (Å²) in [4.78, 5) is 39.1. The lowest BCUT2D eigenvalue weighted by molar-refractivity contribution is -0.114. The molecule has 29 heavy (non-hydrogen) atoms. The predicted molar refractivity (Wildman–Crippen MR) is 105 cm³/mol. The van der Waals surface area contributed by atoms with Gasteiger partial charge in [0.1, 0.15) is 6.33 Å². The molecular weight excluding hydrogens is 374 g/mol. The minimum Gasteiger partial charge on any atom is -0.350 e. The van der Waals surface area contributed by atoms with E-state index < -0.39 is 0 Å². The summed E-state index contributed by atoms with van der Waals surface area (Å²) in [6.07, 6.45) is 4.92. The largest absolute Gasteiger partial charge is 0.350 e. The first kappa shape index (κ1) is 19.7. The Labute approximate surface area is 166 Å². The number of amides is 3. The zero-order valence-electron chi connectivity index (χ0n) is 15.6. The summed E-state index contributed by atoms with van der Waals surface area (Å²) >= 11 is 0. The van der Waals surface area contributed by atoms with Crippen molar-refractivity contribution >= 4 is 23.4 Å². The lowest BCUT2D eigenvalue weighted by atomic mass is 10.2. The van der Waals surface area contributed by atoms with E-state index in [-0.39, 0.29) is 36.5 Å². The highest BCUT2D eigenvalue weighted by atomic mass is 16.2. The van der Waals surface area contributed by atoms with Crippen LogP contribution in [-0.4, -0.2) is 50.6 Å². The third kappa shape index (κ3) is 5.45. The Kier molecular flexibility index (Phi) is 6.25. The van der Waals surface area contributed by atoms with Crippen LogP contribution in [0.4, 0.5) is 5.69 Å². The summed E-state index contributed by atoms with van der Waals surface area (Å²) in [5.74, 6) is -0.295. The van der Waals surface area contributed by atoms with Crippen molar-refractivity contribution in [2.75, 3.05) is 18.4 Å². The summed E-state index contributed by atoms with van der Waals surface area (Å²) in [6.45, 7) is 1.90. The Morgan fingerprint density at radius 3 is 2.24 bits per heavy atom. The van der Waals surface area contributed by atoms with Crippen LogP contribution in [0.5, 0.6) is 0 Å². The van der Waals surface area contributed by atoms with E-state index >= 15 is 0 Å². The average molecular weight is 393 g/mol. The van der Waals surface area contributed by atoms with Gasteiger partial charge in [-0.25, -0.2) is 4.98 Å². The van der Waals surface area contributed by atoms with Crippen molar-refractivity contribution in [1.82, 2.24) is 30.4 Å². The van der Waals surface area contributed by atoms with Crippen LogP contribution in [-0.2, 0) is 4.79 Å². The third-order valence-electron chi connectivity index (χ3n) is 3.82. The van der Waals surface area contributed by atoms with Gasteiger partial charge in [-0.1, -0.05) is 0 Å². The van der Waals surface area contributed by atoms with Gasteiger partial charge >= 0.3 is 0 Å². The number of imidazole rings is 1. The normalized spacial score (nSPS) is 10.2. The fourth-order valence-electron chi connectivity index (χ4n) is 2.43. The minimum atomic E-state index is -0.386. The molecule has 0 atom stereocenters. The smallest absolute Gasteiger partial charge is 0.271 e. The molecule has 0 saturated carbocycles. The van der Waals surface area contributed by atoms with Gasteiger partial charge in [-0.2, -0.15) is 0 Å². The molecule has 1 aromatic carbocycles. The van der Waals surface area contributed by atoms with Crippen molar-refractivity contribution in [3.63, 3.8) is 0 Å². The fourth-order valence-corrected chi connectivity index (χ4v) is 2.43. The van der Waals surface area contributed by atoms with Crippen molar-refractivity contribution < 1.29 is 14.4 Å². The number of anilines is 1. The summed E-state index contributed by atoms with van der Waals surface area (Å²) < 4.78 is 1.67. The molecule has 2 aromatic heterocycles. The van der Waals surface area contributed by atoms with Gasteiger partial charge in [0, 0.05) is 43.7 Å². The molecule has 3 N–H and O–H groups in total. The lowest BCUT2D eigenvalue weighted by Gasteiger charge is -2.08. The standard InChI is InChI=1S/C19H19N7O3/c1-13(27)23-15-4-2-14(3-5-15)18(28)21-8-9-22-19(29)16-6-7-17(25-24-16)26-11-10-20-12-26/h2-7,10-12H,8-9H2,1H3,(H,21,28)(H,22,29)(H,23,27). The first-order valence-electron chi connectivity index (χ1n) is 8.79. The molecule has 0 bridgehead atoms. The maximum Gasteiger partial charge on any atom is 0.271 e. The summed E-state index contributed by atoms with van der Waals surface area (Å²) in [5, 5.41) is 15.9. The van der Waals surface area contributed by atoms with Crippen LogP contribution in [0.1, 0.15) is 27.8 Å². The monoisotopic (exact) mass is 393 g/mol. The maximum absolute atomic E-state index is 12.1. The van der Waals surface area contributed by atoms with Gasteiger partial charge in [0.2, 0.25) is 5.91 Å². The second-order valence-corrected chi connectivity index (χ2v) is 6.02. The Balaban J connectivity index is 1.43. The second kappa shape index (κ2) is 9.22.